The highest BCUT2D eigenvalue weighted by atomic mass is 31.2. The topological polar surface area (TPSA) is 79.8 Å². The summed E-state index contributed by atoms with van der Waals surface area (Å²) in [7, 11) is 2.01. The Morgan fingerprint density at radius 2 is 0.812 bits per heavy atom. The van der Waals surface area contributed by atoms with Crippen molar-refractivity contribution in [1.29, 1.82) is 0 Å². The molecule has 0 aromatic rings. The van der Waals surface area contributed by atoms with E-state index in [1.807, 2.05) is 21.1 Å². The van der Waals surface area contributed by atoms with Crippen LogP contribution < -0.4 is 10.6 Å². The fourth-order valence-corrected chi connectivity index (χ4v) is 7.11. The van der Waals surface area contributed by atoms with E-state index < -0.39 is 13.9 Å². The maximum absolute atomic E-state index is 12.7. The molecule has 1 unspecified atom stereocenters. The third-order valence-electron chi connectivity index (χ3n) is 9.46. The van der Waals surface area contributed by atoms with E-state index in [4.69, 9.17) is 9.05 Å². The Morgan fingerprint density at radius 1 is 0.521 bits per heavy atom. The van der Waals surface area contributed by atoms with Gasteiger partial charge in [0.05, 0.1) is 27.2 Å². The summed E-state index contributed by atoms with van der Waals surface area (Å²) in [6.07, 6.45) is 37.6. The van der Waals surface area contributed by atoms with Gasteiger partial charge in [-0.3, -0.25) is 9.05 Å². The lowest BCUT2D eigenvalue weighted by Gasteiger charge is -2.25. The monoisotopic (exact) mass is 705 g/mol. The number of phosphoric acid groups is 1. The van der Waals surface area contributed by atoms with Crippen LogP contribution in [-0.2, 0) is 13.6 Å². The summed E-state index contributed by atoms with van der Waals surface area (Å²) in [6, 6.07) is 0. The molecular formula is C40H87N3O4P+. The average molecular weight is 705 g/mol. The van der Waals surface area contributed by atoms with Crippen molar-refractivity contribution < 1.29 is 23.0 Å². The molecule has 0 fully saturated rings. The van der Waals surface area contributed by atoms with E-state index in [2.05, 4.69) is 24.5 Å². The minimum absolute atomic E-state index is 0.197. The molecule has 0 aromatic heterocycles. The van der Waals surface area contributed by atoms with Crippen LogP contribution in [0.25, 0.3) is 0 Å². The SMILES string of the molecule is CCCCCCCCCCCCCCCCNCC(CNCCCCCCCCCCCCCCCC)OP(=O)(O)OCC[N+](C)(C)C. The molecule has 0 aromatic carbocycles. The average Bonchev–Trinajstić information content (AvgIpc) is 3.03. The van der Waals surface area contributed by atoms with Crippen LogP contribution >= 0.6 is 7.82 Å². The van der Waals surface area contributed by atoms with Crippen molar-refractivity contribution in [3.05, 3.63) is 0 Å². The first-order valence-electron chi connectivity index (χ1n) is 21.1. The smallest absolute Gasteiger partial charge is 0.329 e. The molecule has 1 atom stereocenters. The largest absolute Gasteiger partial charge is 0.472 e. The van der Waals surface area contributed by atoms with Gasteiger partial charge in [-0.05, 0) is 25.9 Å². The normalized spacial score (nSPS) is 13.5. The quantitative estimate of drug-likeness (QED) is 0.0335. The second-order valence-corrected chi connectivity index (χ2v) is 17.0. The summed E-state index contributed by atoms with van der Waals surface area (Å²) in [5.74, 6) is 0. The fraction of sp³-hybridized carbons (Fsp3) is 1.00. The first-order valence-corrected chi connectivity index (χ1v) is 22.6. The van der Waals surface area contributed by atoms with E-state index in [9.17, 15) is 9.46 Å². The summed E-state index contributed by atoms with van der Waals surface area (Å²) in [4.78, 5) is 10.4. The van der Waals surface area contributed by atoms with E-state index in [0.29, 0.717) is 24.1 Å². The lowest BCUT2D eigenvalue weighted by Crippen LogP contribution is -2.39. The predicted molar refractivity (Wildman–Crippen MR) is 210 cm³/mol. The number of quaternary nitrogens is 1. The molecule has 290 valence electrons. The Labute approximate surface area is 301 Å². The van der Waals surface area contributed by atoms with Gasteiger partial charge in [0.1, 0.15) is 13.2 Å². The molecule has 0 amide bonds. The van der Waals surface area contributed by atoms with Gasteiger partial charge in [0.25, 0.3) is 0 Å². The molecule has 48 heavy (non-hydrogen) atoms. The third kappa shape index (κ3) is 38.8. The molecular weight excluding hydrogens is 617 g/mol. The summed E-state index contributed by atoms with van der Waals surface area (Å²) < 4.78 is 24.4. The molecule has 0 aliphatic carbocycles. The van der Waals surface area contributed by atoms with E-state index >= 15 is 0 Å². The van der Waals surface area contributed by atoms with Crippen molar-refractivity contribution >= 4 is 7.82 Å². The Bertz CT molecular complexity index is 656. The Morgan fingerprint density at radius 3 is 1.10 bits per heavy atom. The van der Waals surface area contributed by atoms with Crippen LogP contribution in [0.15, 0.2) is 0 Å². The van der Waals surface area contributed by atoms with Crippen LogP contribution in [0.5, 0.6) is 0 Å². The molecule has 0 aliphatic rings. The maximum Gasteiger partial charge on any atom is 0.472 e. The molecule has 7 nitrogen and oxygen atoms in total. The molecule has 0 saturated heterocycles. The minimum atomic E-state index is -4.11. The van der Waals surface area contributed by atoms with E-state index in [1.165, 1.54) is 167 Å². The number of nitrogens with one attached hydrogen (secondary N) is 2. The van der Waals surface area contributed by atoms with Crippen LogP contribution in [0.2, 0.25) is 0 Å². The molecule has 0 heterocycles. The predicted octanol–water partition coefficient (Wildman–Crippen LogP) is 11.3. The summed E-state index contributed by atoms with van der Waals surface area (Å²) in [6.45, 7) is 8.33. The van der Waals surface area contributed by atoms with Gasteiger partial charge in [0.15, 0.2) is 0 Å². The number of rotatable bonds is 40. The van der Waals surface area contributed by atoms with Gasteiger partial charge in [0.2, 0.25) is 0 Å². The van der Waals surface area contributed by atoms with Crippen molar-refractivity contribution in [3.8, 4) is 0 Å². The van der Waals surface area contributed by atoms with Gasteiger partial charge in [-0.15, -0.1) is 0 Å². The molecule has 3 N–H and O–H groups in total. The van der Waals surface area contributed by atoms with Crippen LogP contribution in [0.1, 0.15) is 194 Å². The number of hydrogen-bond acceptors (Lipinski definition) is 5. The number of unbranched alkanes of at least 4 members (excludes halogenated alkanes) is 26. The number of hydrogen-bond donors (Lipinski definition) is 3. The van der Waals surface area contributed by atoms with E-state index in [0.717, 1.165) is 25.9 Å². The Hall–Kier alpha value is -0.0100. The number of phosphoric ester groups is 1. The van der Waals surface area contributed by atoms with Crippen molar-refractivity contribution in [2.45, 2.75) is 200 Å². The van der Waals surface area contributed by atoms with Gasteiger partial charge < -0.3 is 20.0 Å². The molecule has 0 radical (unpaired) electrons. The van der Waals surface area contributed by atoms with Crippen LogP contribution in [0.3, 0.4) is 0 Å². The molecule has 0 bridgehead atoms. The first kappa shape index (κ1) is 48.0. The van der Waals surface area contributed by atoms with Crippen molar-refractivity contribution in [1.82, 2.24) is 10.6 Å². The Kier molecular flexibility index (Phi) is 35.4. The first-order chi connectivity index (χ1) is 23.2. The summed E-state index contributed by atoms with van der Waals surface area (Å²) in [5.41, 5.74) is 0. The Balaban J connectivity index is 4.05. The highest BCUT2D eigenvalue weighted by Crippen LogP contribution is 2.44. The number of likely N-dealkylation sites (N-methyl/N-ethyl adjacent to an activating group) is 1. The number of nitrogens with zero attached hydrogens (tertiary/aromatic N) is 1. The van der Waals surface area contributed by atoms with Gasteiger partial charge in [-0.25, -0.2) is 4.57 Å². The van der Waals surface area contributed by atoms with Crippen LogP contribution in [0.4, 0.5) is 0 Å². The van der Waals surface area contributed by atoms with Crippen LogP contribution in [-0.4, -0.2) is 76.0 Å². The lowest BCUT2D eigenvalue weighted by atomic mass is 10.0. The molecule has 0 spiro atoms. The molecule has 0 rings (SSSR count). The molecule has 0 saturated carbocycles. The molecule has 0 aliphatic heterocycles. The zero-order chi connectivity index (χ0) is 35.4. The summed E-state index contributed by atoms with van der Waals surface area (Å²) >= 11 is 0. The minimum Gasteiger partial charge on any atom is -0.329 e. The standard InChI is InChI=1S/C40H86N3O4P/c1-6-8-10-12-14-16-18-20-22-24-26-28-30-32-34-41-38-40(47-48(44,45)46-37-36-43(3,4)5)39-42-35-33-31-29-27-25-23-21-19-17-15-13-11-9-7-2/h40-42H,6-39H2,1-5H3/p+1. The van der Waals surface area contributed by atoms with E-state index in [1.54, 1.807) is 0 Å². The zero-order valence-corrected chi connectivity index (χ0v) is 34.1. The van der Waals surface area contributed by atoms with Gasteiger partial charge in [-0.2, -0.15) is 0 Å². The van der Waals surface area contributed by atoms with Gasteiger partial charge in [0, 0.05) is 13.1 Å². The van der Waals surface area contributed by atoms with Crippen molar-refractivity contribution in [2.24, 2.45) is 0 Å². The zero-order valence-electron chi connectivity index (χ0n) is 33.2. The molecule has 8 heteroatoms. The second kappa shape index (κ2) is 35.4. The lowest BCUT2D eigenvalue weighted by molar-refractivity contribution is -0.870. The van der Waals surface area contributed by atoms with Crippen molar-refractivity contribution in [2.75, 3.05) is 60.5 Å². The third-order valence-corrected chi connectivity index (χ3v) is 10.5. The van der Waals surface area contributed by atoms with E-state index in [-0.39, 0.29) is 6.61 Å². The second-order valence-electron chi connectivity index (χ2n) is 15.6. The highest BCUT2D eigenvalue weighted by molar-refractivity contribution is 7.47. The van der Waals surface area contributed by atoms with Crippen molar-refractivity contribution in [3.63, 3.8) is 0 Å². The van der Waals surface area contributed by atoms with Gasteiger partial charge >= 0.3 is 7.82 Å². The summed E-state index contributed by atoms with van der Waals surface area (Å²) in [5, 5.41) is 6.96. The maximum atomic E-state index is 12.7. The fourth-order valence-electron chi connectivity index (χ4n) is 6.21. The van der Waals surface area contributed by atoms with Gasteiger partial charge in [-0.1, -0.05) is 181 Å². The van der Waals surface area contributed by atoms with Crippen LogP contribution in [0, 0.1) is 0 Å². The highest BCUT2D eigenvalue weighted by Gasteiger charge is 2.27.